The Bertz CT molecular complexity index is 371. The van der Waals surface area contributed by atoms with Crippen LogP contribution < -0.4 is 4.74 Å². The van der Waals surface area contributed by atoms with Crippen molar-refractivity contribution in [3.05, 3.63) is 29.3 Å². The van der Waals surface area contributed by atoms with Crippen LogP contribution in [0.4, 0.5) is 0 Å². The predicted molar refractivity (Wildman–Crippen MR) is 54.3 cm³/mol. The minimum Gasteiger partial charge on any atom is -0.468 e. The van der Waals surface area contributed by atoms with Crippen LogP contribution in [0.15, 0.2) is 18.2 Å². The monoisotopic (exact) mass is 208 g/mol. The van der Waals surface area contributed by atoms with Gasteiger partial charge in [-0.25, -0.2) is 0 Å². The largest absolute Gasteiger partial charge is 0.468 e. The number of rotatable bonds is 5. The van der Waals surface area contributed by atoms with Crippen molar-refractivity contribution in [2.45, 2.75) is 6.92 Å². The van der Waals surface area contributed by atoms with Gasteiger partial charge in [-0.1, -0.05) is 0 Å². The first-order chi connectivity index (χ1) is 7.17. The molecule has 0 spiro atoms. The minimum atomic E-state index is -0.110. The van der Waals surface area contributed by atoms with E-state index in [-0.39, 0.29) is 12.6 Å². The quantitative estimate of drug-likeness (QED) is 0.419. The summed E-state index contributed by atoms with van der Waals surface area (Å²) in [6.07, 6.45) is 0.673. The molecule has 0 radical (unpaired) electrons. The summed E-state index contributed by atoms with van der Waals surface area (Å²) in [7, 11) is 1.50. The molecule has 0 saturated heterocycles. The summed E-state index contributed by atoms with van der Waals surface area (Å²) < 4.78 is 9.88. The molecule has 0 unspecified atom stereocenters. The van der Waals surface area contributed by atoms with Crippen molar-refractivity contribution in [3.63, 3.8) is 0 Å². The molecule has 0 amide bonds. The van der Waals surface area contributed by atoms with Gasteiger partial charge in [-0.15, -0.1) is 0 Å². The maximum Gasteiger partial charge on any atom is 0.188 e. The highest BCUT2D eigenvalue weighted by atomic mass is 16.7. The van der Waals surface area contributed by atoms with Gasteiger partial charge in [0, 0.05) is 18.2 Å². The molecule has 4 heteroatoms. The SMILES string of the molecule is COCOc1cc(C=O)cc(C(C)=O)c1. The zero-order valence-corrected chi connectivity index (χ0v) is 8.65. The van der Waals surface area contributed by atoms with E-state index in [2.05, 4.69) is 0 Å². The van der Waals surface area contributed by atoms with Gasteiger partial charge in [-0.2, -0.15) is 0 Å². The molecule has 4 nitrogen and oxygen atoms in total. The molecule has 0 aliphatic rings. The number of methoxy groups -OCH3 is 1. The Morgan fingerprint density at radius 3 is 2.67 bits per heavy atom. The summed E-state index contributed by atoms with van der Waals surface area (Å²) in [5, 5.41) is 0. The summed E-state index contributed by atoms with van der Waals surface area (Å²) in [5.74, 6) is 0.340. The van der Waals surface area contributed by atoms with Gasteiger partial charge in [0.2, 0.25) is 0 Å². The third-order valence-electron chi connectivity index (χ3n) is 1.81. The lowest BCUT2D eigenvalue weighted by Crippen LogP contribution is -2.01. The molecule has 1 aromatic carbocycles. The highest BCUT2D eigenvalue weighted by Gasteiger charge is 2.05. The number of ketones is 1. The molecular formula is C11H12O4. The van der Waals surface area contributed by atoms with E-state index in [9.17, 15) is 9.59 Å². The molecule has 0 atom stereocenters. The number of hydrogen-bond acceptors (Lipinski definition) is 4. The molecule has 0 N–H and O–H groups in total. The molecule has 0 aliphatic heterocycles. The van der Waals surface area contributed by atoms with Gasteiger partial charge < -0.3 is 9.47 Å². The number of carbonyl (C=O) groups is 2. The van der Waals surface area contributed by atoms with E-state index in [1.54, 1.807) is 12.1 Å². The predicted octanol–water partition coefficient (Wildman–Crippen LogP) is 1.68. The van der Waals surface area contributed by atoms with Crippen molar-refractivity contribution in [2.24, 2.45) is 0 Å². The van der Waals surface area contributed by atoms with Crippen LogP contribution in [0.1, 0.15) is 27.6 Å². The lowest BCUT2D eigenvalue weighted by atomic mass is 10.1. The van der Waals surface area contributed by atoms with Crippen molar-refractivity contribution in [1.82, 2.24) is 0 Å². The van der Waals surface area contributed by atoms with Gasteiger partial charge in [0.1, 0.15) is 12.0 Å². The average Bonchev–Trinajstić information content (AvgIpc) is 2.25. The normalized spacial score (nSPS) is 9.73. The maximum atomic E-state index is 11.1. The second kappa shape index (κ2) is 5.26. The van der Waals surface area contributed by atoms with Gasteiger partial charge in [0.15, 0.2) is 12.6 Å². The van der Waals surface area contributed by atoms with Gasteiger partial charge in [0.05, 0.1) is 0 Å². The first-order valence-electron chi connectivity index (χ1n) is 4.40. The smallest absolute Gasteiger partial charge is 0.188 e. The van der Waals surface area contributed by atoms with E-state index in [0.29, 0.717) is 23.2 Å². The second-order valence-corrected chi connectivity index (χ2v) is 3.02. The van der Waals surface area contributed by atoms with Crippen LogP contribution in [0.25, 0.3) is 0 Å². The maximum absolute atomic E-state index is 11.1. The summed E-state index contributed by atoms with van der Waals surface area (Å²) in [5.41, 5.74) is 0.861. The van der Waals surface area contributed by atoms with Gasteiger partial charge in [-0.3, -0.25) is 9.59 Å². The molecule has 1 aromatic rings. The Kier molecular flexibility index (Phi) is 4.00. The lowest BCUT2D eigenvalue weighted by molar-refractivity contribution is 0.0509. The van der Waals surface area contributed by atoms with Crippen LogP contribution in [0.5, 0.6) is 5.75 Å². The number of benzene rings is 1. The molecular weight excluding hydrogens is 196 g/mol. The van der Waals surface area contributed by atoms with E-state index in [0.717, 1.165) is 0 Å². The van der Waals surface area contributed by atoms with E-state index >= 15 is 0 Å². The molecule has 80 valence electrons. The minimum absolute atomic E-state index is 0.0830. The fourth-order valence-electron chi connectivity index (χ4n) is 1.10. The van der Waals surface area contributed by atoms with Crippen molar-refractivity contribution in [1.29, 1.82) is 0 Å². The van der Waals surface area contributed by atoms with Crippen molar-refractivity contribution >= 4 is 12.1 Å². The third-order valence-corrected chi connectivity index (χ3v) is 1.81. The van der Waals surface area contributed by atoms with Crippen LogP contribution in [-0.4, -0.2) is 26.0 Å². The zero-order valence-electron chi connectivity index (χ0n) is 8.65. The lowest BCUT2D eigenvalue weighted by Gasteiger charge is -2.06. The van der Waals surface area contributed by atoms with E-state index < -0.39 is 0 Å². The molecule has 15 heavy (non-hydrogen) atoms. The van der Waals surface area contributed by atoms with Crippen LogP contribution in [0.3, 0.4) is 0 Å². The summed E-state index contributed by atoms with van der Waals surface area (Å²) >= 11 is 0. The van der Waals surface area contributed by atoms with Crippen LogP contribution >= 0.6 is 0 Å². The molecule has 0 aliphatic carbocycles. The van der Waals surface area contributed by atoms with Gasteiger partial charge >= 0.3 is 0 Å². The summed E-state index contributed by atoms with van der Waals surface area (Å²) in [6.45, 7) is 1.52. The first-order valence-corrected chi connectivity index (χ1v) is 4.40. The third kappa shape index (κ3) is 3.18. The highest BCUT2D eigenvalue weighted by molar-refractivity contribution is 5.96. The number of ether oxygens (including phenoxy) is 2. The summed E-state index contributed by atoms with van der Waals surface area (Å²) in [6, 6.07) is 4.65. The Balaban J connectivity index is 3.00. The summed E-state index contributed by atoms with van der Waals surface area (Å²) in [4.78, 5) is 21.7. The van der Waals surface area contributed by atoms with Gasteiger partial charge in [-0.05, 0) is 25.1 Å². The van der Waals surface area contributed by atoms with Crippen LogP contribution in [0.2, 0.25) is 0 Å². The highest BCUT2D eigenvalue weighted by Crippen LogP contribution is 2.16. The zero-order chi connectivity index (χ0) is 11.3. The fraction of sp³-hybridized carbons (Fsp3) is 0.273. The number of aldehydes is 1. The molecule has 0 saturated carbocycles. The van der Waals surface area contributed by atoms with E-state index in [4.69, 9.17) is 9.47 Å². The molecule has 0 fully saturated rings. The number of Topliss-reactive ketones (excluding diaryl/α,β-unsaturated/α-hetero) is 1. The molecule has 0 bridgehead atoms. The Hall–Kier alpha value is -1.68. The second-order valence-electron chi connectivity index (χ2n) is 3.02. The van der Waals surface area contributed by atoms with Crippen LogP contribution in [0, 0.1) is 0 Å². The van der Waals surface area contributed by atoms with Crippen molar-refractivity contribution in [3.8, 4) is 5.75 Å². The van der Waals surface area contributed by atoms with Crippen molar-refractivity contribution in [2.75, 3.05) is 13.9 Å². The first kappa shape index (κ1) is 11.4. The molecule has 0 heterocycles. The Morgan fingerprint density at radius 2 is 2.13 bits per heavy atom. The fourth-order valence-corrected chi connectivity index (χ4v) is 1.10. The van der Waals surface area contributed by atoms with E-state index in [1.165, 1.54) is 20.1 Å². The molecule has 1 rings (SSSR count). The van der Waals surface area contributed by atoms with Crippen LogP contribution in [-0.2, 0) is 4.74 Å². The number of carbonyl (C=O) groups excluding carboxylic acids is 2. The number of hydrogen-bond donors (Lipinski definition) is 0. The van der Waals surface area contributed by atoms with Crippen molar-refractivity contribution < 1.29 is 19.1 Å². The van der Waals surface area contributed by atoms with E-state index in [1.807, 2.05) is 0 Å². The topological polar surface area (TPSA) is 52.6 Å². The Morgan fingerprint density at radius 1 is 1.40 bits per heavy atom. The van der Waals surface area contributed by atoms with Gasteiger partial charge in [0.25, 0.3) is 0 Å². The Labute approximate surface area is 87.8 Å². The molecule has 0 aromatic heterocycles. The standard InChI is InChI=1S/C11H12O4/c1-8(13)10-3-9(6-12)4-11(5-10)15-7-14-2/h3-6H,7H2,1-2H3. The average molecular weight is 208 g/mol.